The Morgan fingerprint density at radius 2 is 2.07 bits per heavy atom. The van der Waals surface area contributed by atoms with Crippen LogP contribution in [-0.4, -0.2) is 62.0 Å². The van der Waals surface area contributed by atoms with Crippen molar-refractivity contribution in [1.82, 2.24) is 20.1 Å². The normalized spacial score (nSPS) is 22.5. The molecule has 146 valence electrons. The van der Waals surface area contributed by atoms with Gasteiger partial charge >= 0.3 is 0 Å². The van der Waals surface area contributed by atoms with Crippen molar-refractivity contribution in [3.8, 4) is 0 Å². The smallest absolute Gasteiger partial charge is 0.272 e. The molecule has 3 heterocycles. The molecule has 1 fully saturated rings. The number of benzene rings is 1. The van der Waals surface area contributed by atoms with Crippen LogP contribution in [0.15, 0.2) is 42.6 Å². The van der Waals surface area contributed by atoms with E-state index in [2.05, 4.69) is 15.2 Å². The SMILES string of the molecule is O=C(c1ccc2cn[nH]c2n1)N1CC[C@H](O)[C@@](CO)(Cc2ccc(F)cc2)C1. The number of carbonyl (C=O) groups is 1. The molecule has 0 bridgehead atoms. The molecule has 0 spiro atoms. The number of pyridine rings is 1. The summed E-state index contributed by atoms with van der Waals surface area (Å²) in [6, 6.07) is 9.38. The van der Waals surface area contributed by atoms with Crippen LogP contribution in [0.4, 0.5) is 4.39 Å². The van der Waals surface area contributed by atoms with E-state index in [4.69, 9.17) is 0 Å². The second-order valence-electron chi connectivity index (χ2n) is 7.36. The number of fused-ring (bicyclic) bond motifs is 1. The zero-order valence-electron chi connectivity index (χ0n) is 15.2. The molecule has 3 aromatic rings. The second-order valence-corrected chi connectivity index (χ2v) is 7.36. The zero-order valence-corrected chi connectivity index (χ0v) is 15.2. The number of aliphatic hydroxyl groups excluding tert-OH is 2. The van der Waals surface area contributed by atoms with Gasteiger partial charge in [0, 0.05) is 23.9 Å². The van der Waals surface area contributed by atoms with Crippen LogP contribution in [0.2, 0.25) is 0 Å². The van der Waals surface area contributed by atoms with Gasteiger partial charge in [0.1, 0.15) is 11.5 Å². The number of piperidine rings is 1. The van der Waals surface area contributed by atoms with Crippen molar-refractivity contribution < 1.29 is 19.4 Å². The Balaban J connectivity index is 1.58. The molecule has 8 heteroatoms. The van der Waals surface area contributed by atoms with Gasteiger partial charge in [0.25, 0.3) is 5.91 Å². The number of H-pyrrole nitrogens is 1. The van der Waals surface area contributed by atoms with Crippen LogP contribution in [0.25, 0.3) is 11.0 Å². The lowest BCUT2D eigenvalue weighted by Crippen LogP contribution is -2.56. The quantitative estimate of drug-likeness (QED) is 0.633. The van der Waals surface area contributed by atoms with Gasteiger partial charge < -0.3 is 15.1 Å². The predicted octanol–water partition coefficient (Wildman–Crippen LogP) is 1.53. The zero-order chi connectivity index (χ0) is 19.7. The molecule has 1 aromatic carbocycles. The minimum Gasteiger partial charge on any atom is -0.396 e. The standard InChI is InChI=1S/C20H21FN4O3/c21-15-4-1-13(2-5-15)9-20(12-26)11-25(8-7-17(20)27)19(28)16-6-3-14-10-22-24-18(14)23-16/h1-6,10,17,26-27H,7-9,11-12H2,(H,22,23,24)/t17-,20-/m0/s1. The monoisotopic (exact) mass is 384 g/mol. The molecule has 0 radical (unpaired) electrons. The molecule has 4 rings (SSSR count). The van der Waals surface area contributed by atoms with E-state index in [0.29, 0.717) is 25.0 Å². The molecule has 1 aliphatic rings. The average molecular weight is 384 g/mol. The van der Waals surface area contributed by atoms with E-state index in [1.807, 2.05) is 0 Å². The number of aromatic nitrogens is 3. The molecule has 1 aliphatic heterocycles. The third-order valence-electron chi connectivity index (χ3n) is 5.48. The number of hydrogen-bond acceptors (Lipinski definition) is 5. The Labute approximate surface area is 160 Å². The van der Waals surface area contributed by atoms with Crippen molar-refractivity contribution in [2.24, 2.45) is 5.41 Å². The molecule has 28 heavy (non-hydrogen) atoms. The van der Waals surface area contributed by atoms with Crippen molar-refractivity contribution in [1.29, 1.82) is 0 Å². The van der Waals surface area contributed by atoms with E-state index in [-0.39, 0.29) is 30.6 Å². The molecule has 2 atom stereocenters. The summed E-state index contributed by atoms with van der Waals surface area (Å²) in [6.45, 7) is 0.264. The van der Waals surface area contributed by atoms with Crippen LogP contribution in [0, 0.1) is 11.2 Å². The first-order valence-corrected chi connectivity index (χ1v) is 9.13. The number of likely N-dealkylation sites (tertiary alicyclic amines) is 1. The van der Waals surface area contributed by atoms with Crippen LogP contribution >= 0.6 is 0 Å². The van der Waals surface area contributed by atoms with Gasteiger partial charge in [-0.3, -0.25) is 9.89 Å². The fraction of sp³-hybridized carbons (Fsp3) is 0.350. The number of carbonyl (C=O) groups excluding carboxylic acids is 1. The minimum atomic E-state index is -0.913. The van der Waals surface area contributed by atoms with Gasteiger partial charge in [0.05, 0.1) is 18.9 Å². The van der Waals surface area contributed by atoms with Crippen LogP contribution in [0.3, 0.4) is 0 Å². The summed E-state index contributed by atoms with van der Waals surface area (Å²) in [5, 5.41) is 28.2. The maximum Gasteiger partial charge on any atom is 0.272 e. The molecule has 0 unspecified atom stereocenters. The lowest BCUT2D eigenvalue weighted by Gasteiger charge is -2.45. The number of aliphatic hydroxyl groups is 2. The van der Waals surface area contributed by atoms with E-state index in [1.165, 1.54) is 12.1 Å². The maximum atomic E-state index is 13.2. The van der Waals surface area contributed by atoms with Crippen molar-refractivity contribution in [3.05, 3.63) is 59.7 Å². The van der Waals surface area contributed by atoms with E-state index in [9.17, 15) is 19.4 Å². The summed E-state index contributed by atoms with van der Waals surface area (Å²) in [6.07, 6.45) is 1.55. The molecular weight excluding hydrogens is 363 g/mol. The van der Waals surface area contributed by atoms with E-state index in [1.54, 1.807) is 35.4 Å². The van der Waals surface area contributed by atoms with Gasteiger partial charge in [-0.15, -0.1) is 0 Å². The number of nitrogens with one attached hydrogen (secondary N) is 1. The van der Waals surface area contributed by atoms with Crippen molar-refractivity contribution in [3.63, 3.8) is 0 Å². The van der Waals surface area contributed by atoms with Crippen LogP contribution < -0.4 is 0 Å². The summed E-state index contributed by atoms with van der Waals surface area (Å²) in [7, 11) is 0. The highest BCUT2D eigenvalue weighted by Crippen LogP contribution is 2.34. The lowest BCUT2D eigenvalue weighted by molar-refractivity contribution is -0.0669. The molecule has 0 saturated carbocycles. The summed E-state index contributed by atoms with van der Waals surface area (Å²) in [5.74, 6) is -0.608. The summed E-state index contributed by atoms with van der Waals surface area (Å²) < 4.78 is 13.2. The first kappa shape index (κ1) is 18.5. The van der Waals surface area contributed by atoms with E-state index in [0.717, 1.165) is 10.9 Å². The highest BCUT2D eigenvalue weighted by Gasteiger charge is 2.44. The van der Waals surface area contributed by atoms with Gasteiger partial charge in [-0.05, 0) is 42.7 Å². The Kier molecular flexibility index (Phi) is 4.82. The lowest BCUT2D eigenvalue weighted by atomic mass is 9.73. The van der Waals surface area contributed by atoms with E-state index >= 15 is 0 Å². The number of halogens is 1. The number of aromatic amines is 1. The van der Waals surface area contributed by atoms with Crippen molar-refractivity contribution >= 4 is 16.9 Å². The molecule has 0 aliphatic carbocycles. The second kappa shape index (κ2) is 7.29. The Bertz CT molecular complexity index is 991. The molecule has 1 saturated heterocycles. The van der Waals surface area contributed by atoms with Gasteiger partial charge in [-0.1, -0.05) is 12.1 Å². The first-order chi connectivity index (χ1) is 13.5. The average Bonchev–Trinajstić information content (AvgIpc) is 3.18. The third kappa shape index (κ3) is 3.36. The van der Waals surface area contributed by atoms with Gasteiger partial charge in [0.15, 0.2) is 5.65 Å². The fourth-order valence-corrected chi connectivity index (χ4v) is 3.82. The summed E-state index contributed by atoms with van der Waals surface area (Å²) in [4.78, 5) is 18.9. The first-order valence-electron chi connectivity index (χ1n) is 9.13. The number of rotatable bonds is 4. The van der Waals surface area contributed by atoms with Crippen LogP contribution in [0.5, 0.6) is 0 Å². The minimum absolute atomic E-state index is 0.184. The Hall–Kier alpha value is -2.84. The molecule has 3 N–H and O–H groups in total. The Morgan fingerprint density at radius 3 is 2.82 bits per heavy atom. The summed E-state index contributed by atoms with van der Waals surface area (Å²) in [5.41, 5.74) is 0.689. The summed E-state index contributed by atoms with van der Waals surface area (Å²) >= 11 is 0. The molecule has 7 nitrogen and oxygen atoms in total. The highest BCUT2D eigenvalue weighted by atomic mass is 19.1. The Morgan fingerprint density at radius 1 is 1.29 bits per heavy atom. The molecule has 2 aromatic heterocycles. The van der Waals surface area contributed by atoms with Gasteiger partial charge in [-0.2, -0.15) is 5.10 Å². The highest BCUT2D eigenvalue weighted by molar-refractivity contribution is 5.94. The van der Waals surface area contributed by atoms with Crippen LogP contribution in [0.1, 0.15) is 22.5 Å². The number of nitrogens with zero attached hydrogens (tertiary/aromatic N) is 3. The number of hydrogen-bond donors (Lipinski definition) is 3. The van der Waals surface area contributed by atoms with Gasteiger partial charge in [-0.25, -0.2) is 9.37 Å². The largest absolute Gasteiger partial charge is 0.396 e. The molecule has 1 amide bonds. The van der Waals surface area contributed by atoms with Gasteiger partial charge in [0.2, 0.25) is 0 Å². The van der Waals surface area contributed by atoms with Crippen LogP contribution in [-0.2, 0) is 6.42 Å². The molecular formula is C20H21FN4O3. The fourth-order valence-electron chi connectivity index (χ4n) is 3.82. The van der Waals surface area contributed by atoms with Crippen molar-refractivity contribution in [2.75, 3.05) is 19.7 Å². The predicted molar refractivity (Wildman–Crippen MR) is 100 cm³/mol. The third-order valence-corrected chi connectivity index (χ3v) is 5.48. The van der Waals surface area contributed by atoms with Crippen molar-refractivity contribution in [2.45, 2.75) is 18.9 Å². The van der Waals surface area contributed by atoms with E-state index < -0.39 is 11.5 Å². The number of amides is 1. The topological polar surface area (TPSA) is 102 Å². The maximum absolute atomic E-state index is 13.2.